The van der Waals surface area contributed by atoms with E-state index in [4.69, 9.17) is 21.1 Å². The molecule has 1 rings (SSSR count). The molecule has 0 saturated carbocycles. The van der Waals surface area contributed by atoms with Crippen molar-refractivity contribution in [1.82, 2.24) is 5.32 Å². The molecule has 0 radical (unpaired) electrons. The highest BCUT2D eigenvalue weighted by molar-refractivity contribution is 6.30. The molecule has 0 aliphatic carbocycles. The molecule has 1 aromatic rings. The molecule has 0 aliphatic rings. The number of hydrogen-bond donors (Lipinski definition) is 1. The standard InChI is InChI=1S/C13H18ClNO2/c1-4-6-15-9-10-7-11(14)8-12(16-3)13(10)17-5-2/h4,7-8,15H,1,5-6,9H2,2-3H3. The van der Waals surface area contributed by atoms with Gasteiger partial charge < -0.3 is 14.8 Å². The first-order valence-corrected chi connectivity index (χ1v) is 5.91. The molecule has 0 amide bonds. The average Bonchev–Trinajstić information content (AvgIpc) is 2.32. The van der Waals surface area contributed by atoms with Crippen LogP contribution in [0.15, 0.2) is 24.8 Å². The van der Waals surface area contributed by atoms with Gasteiger partial charge in [0.2, 0.25) is 0 Å². The van der Waals surface area contributed by atoms with Crippen molar-refractivity contribution in [2.24, 2.45) is 0 Å². The number of benzene rings is 1. The van der Waals surface area contributed by atoms with Crippen LogP contribution in [0.5, 0.6) is 11.5 Å². The third-order valence-electron chi connectivity index (χ3n) is 2.21. The molecule has 0 heterocycles. The second-order valence-electron chi connectivity index (χ2n) is 3.45. The highest BCUT2D eigenvalue weighted by Crippen LogP contribution is 2.34. The molecule has 4 heteroatoms. The van der Waals surface area contributed by atoms with E-state index in [-0.39, 0.29) is 0 Å². The molecule has 0 atom stereocenters. The first-order chi connectivity index (χ1) is 8.22. The van der Waals surface area contributed by atoms with Gasteiger partial charge in [-0.2, -0.15) is 0 Å². The zero-order chi connectivity index (χ0) is 12.7. The van der Waals surface area contributed by atoms with Crippen LogP contribution in [0.2, 0.25) is 5.02 Å². The van der Waals surface area contributed by atoms with Gasteiger partial charge in [-0.25, -0.2) is 0 Å². The molecular formula is C13H18ClNO2. The Morgan fingerprint density at radius 2 is 2.24 bits per heavy atom. The van der Waals surface area contributed by atoms with Crippen LogP contribution in [0.25, 0.3) is 0 Å². The predicted octanol–water partition coefficient (Wildman–Crippen LogP) is 3.02. The molecule has 0 unspecified atom stereocenters. The number of halogens is 1. The van der Waals surface area contributed by atoms with Crippen LogP contribution in [0, 0.1) is 0 Å². The Balaban J connectivity index is 2.97. The molecule has 17 heavy (non-hydrogen) atoms. The molecule has 0 fully saturated rings. The molecule has 1 N–H and O–H groups in total. The Bertz CT molecular complexity index is 380. The maximum absolute atomic E-state index is 6.03. The van der Waals surface area contributed by atoms with Crippen molar-refractivity contribution in [3.63, 3.8) is 0 Å². The van der Waals surface area contributed by atoms with Crippen LogP contribution in [0.4, 0.5) is 0 Å². The van der Waals surface area contributed by atoms with E-state index in [1.165, 1.54) is 0 Å². The summed E-state index contributed by atoms with van der Waals surface area (Å²) >= 11 is 6.03. The SMILES string of the molecule is C=CCNCc1cc(Cl)cc(OC)c1OCC. The fourth-order valence-electron chi connectivity index (χ4n) is 1.52. The number of nitrogens with one attached hydrogen (secondary N) is 1. The summed E-state index contributed by atoms with van der Waals surface area (Å²) in [5, 5.41) is 3.86. The van der Waals surface area contributed by atoms with E-state index in [2.05, 4.69) is 11.9 Å². The first-order valence-electron chi connectivity index (χ1n) is 5.53. The fraction of sp³-hybridized carbons (Fsp3) is 0.385. The van der Waals surface area contributed by atoms with E-state index in [0.717, 1.165) is 17.9 Å². The highest BCUT2D eigenvalue weighted by atomic mass is 35.5. The summed E-state index contributed by atoms with van der Waals surface area (Å²) in [6.45, 7) is 7.59. The van der Waals surface area contributed by atoms with Crippen molar-refractivity contribution in [3.05, 3.63) is 35.4 Å². The van der Waals surface area contributed by atoms with Gasteiger partial charge in [-0.15, -0.1) is 6.58 Å². The third kappa shape index (κ3) is 3.95. The van der Waals surface area contributed by atoms with Crippen LogP contribution in [0.3, 0.4) is 0 Å². The van der Waals surface area contributed by atoms with Gasteiger partial charge in [-0.1, -0.05) is 17.7 Å². The lowest BCUT2D eigenvalue weighted by atomic mass is 10.2. The number of methoxy groups -OCH3 is 1. The van der Waals surface area contributed by atoms with Crippen LogP contribution in [-0.4, -0.2) is 20.3 Å². The van der Waals surface area contributed by atoms with Gasteiger partial charge in [0.15, 0.2) is 11.5 Å². The summed E-state index contributed by atoms with van der Waals surface area (Å²) < 4.78 is 10.9. The van der Waals surface area contributed by atoms with Gasteiger partial charge in [0, 0.05) is 29.7 Å². The fourth-order valence-corrected chi connectivity index (χ4v) is 1.75. The summed E-state index contributed by atoms with van der Waals surface area (Å²) in [4.78, 5) is 0. The number of hydrogen-bond acceptors (Lipinski definition) is 3. The minimum absolute atomic E-state index is 0.590. The van der Waals surface area contributed by atoms with Crippen LogP contribution < -0.4 is 14.8 Å². The summed E-state index contributed by atoms with van der Waals surface area (Å²) in [7, 11) is 1.61. The average molecular weight is 256 g/mol. The van der Waals surface area contributed by atoms with Gasteiger partial charge in [0.05, 0.1) is 13.7 Å². The van der Waals surface area contributed by atoms with E-state index in [1.54, 1.807) is 13.2 Å². The monoisotopic (exact) mass is 255 g/mol. The van der Waals surface area contributed by atoms with Crippen LogP contribution >= 0.6 is 11.6 Å². The lowest BCUT2D eigenvalue weighted by Gasteiger charge is -2.15. The normalized spacial score (nSPS) is 10.1. The molecule has 0 bridgehead atoms. The van der Waals surface area contributed by atoms with E-state index < -0.39 is 0 Å². The van der Waals surface area contributed by atoms with Crippen molar-refractivity contribution in [1.29, 1.82) is 0 Å². The Morgan fingerprint density at radius 1 is 1.47 bits per heavy atom. The minimum Gasteiger partial charge on any atom is -0.493 e. The van der Waals surface area contributed by atoms with E-state index in [9.17, 15) is 0 Å². The minimum atomic E-state index is 0.590. The quantitative estimate of drug-likeness (QED) is 0.600. The molecule has 0 aromatic heterocycles. The maximum Gasteiger partial charge on any atom is 0.165 e. The predicted molar refractivity (Wildman–Crippen MR) is 71.1 cm³/mol. The molecule has 3 nitrogen and oxygen atoms in total. The number of ether oxygens (including phenoxy) is 2. The smallest absolute Gasteiger partial charge is 0.165 e. The van der Waals surface area contributed by atoms with Crippen molar-refractivity contribution in [3.8, 4) is 11.5 Å². The summed E-state index contributed by atoms with van der Waals surface area (Å²) in [6, 6.07) is 3.63. The van der Waals surface area contributed by atoms with Gasteiger partial charge in [0.25, 0.3) is 0 Å². The lowest BCUT2D eigenvalue weighted by molar-refractivity contribution is 0.307. The largest absolute Gasteiger partial charge is 0.493 e. The molecule has 0 aliphatic heterocycles. The Morgan fingerprint density at radius 3 is 2.82 bits per heavy atom. The Labute approximate surface area is 107 Å². The topological polar surface area (TPSA) is 30.5 Å². The molecule has 0 spiro atoms. The Hall–Kier alpha value is -1.19. The zero-order valence-electron chi connectivity index (χ0n) is 10.3. The Kier molecular flexibility index (Phi) is 5.87. The van der Waals surface area contributed by atoms with Crippen molar-refractivity contribution in [2.75, 3.05) is 20.3 Å². The summed E-state index contributed by atoms with van der Waals surface area (Å²) in [5.74, 6) is 1.41. The molecule has 1 aromatic carbocycles. The van der Waals surface area contributed by atoms with Crippen molar-refractivity contribution in [2.45, 2.75) is 13.5 Å². The zero-order valence-corrected chi connectivity index (χ0v) is 11.0. The van der Waals surface area contributed by atoms with Crippen LogP contribution in [0.1, 0.15) is 12.5 Å². The van der Waals surface area contributed by atoms with E-state index >= 15 is 0 Å². The third-order valence-corrected chi connectivity index (χ3v) is 2.43. The second kappa shape index (κ2) is 7.20. The van der Waals surface area contributed by atoms with Gasteiger partial charge >= 0.3 is 0 Å². The second-order valence-corrected chi connectivity index (χ2v) is 3.89. The van der Waals surface area contributed by atoms with E-state index in [1.807, 2.05) is 19.1 Å². The van der Waals surface area contributed by atoms with Crippen molar-refractivity contribution >= 4 is 11.6 Å². The number of rotatable bonds is 7. The highest BCUT2D eigenvalue weighted by Gasteiger charge is 2.11. The summed E-state index contributed by atoms with van der Waals surface area (Å²) in [5.41, 5.74) is 0.984. The molecule has 0 saturated heterocycles. The molecule has 94 valence electrons. The van der Waals surface area contributed by atoms with Gasteiger partial charge in [0.1, 0.15) is 0 Å². The van der Waals surface area contributed by atoms with Crippen molar-refractivity contribution < 1.29 is 9.47 Å². The van der Waals surface area contributed by atoms with Crippen LogP contribution in [-0.2, 0) is 6.54 Å². The molecular weight excluding hydrogens is 238 g/mol. The summed E-state index contributed by atoms with van der Waals surface area (Å²) in [6.07, 6.45) is 1.81. The first kappa shape index (κ1) is 13.9. The van der Waals surface area contributed by atoms with Gasteiger partial charge in [-0.3, -0.25) is 0 Å². The van der Waals surface area contributed by atoms with E-state index in [0.29, 0.717) is 23.9 Å². The maximum atomic E-state index is 6.03. The lowest BCUT2D eigenvalue weighted by Crippen LogP contribution is -2.14. The van der Waals surface area contributed by atoms with Gasteiger partial charge in [-0.05, 0) is 13.0 Å².